The third-order valence-corrected chi connectivity index (χ3v) is 6.33. The average Bonchev–Trinajstić information content (AvgIpc) is 2.53. The Bertz CT molecular complexity index is 720. The molecular weight excluding hydrogens is 415 g/mol. The summed E-state index contributed by atoms with van der Waals surface area (Å²) in [4.78, 5) is 11.7. The molecule has 1 saturated carbocycles. The second-order valence-corrected chi connectivity index (χ2v) is 8.28. The zero-order chi connectivity index (χ0) is 22.6. The van der Waals surface area contributed by atoms with Crippen LogP contribution in [-0.4, -0.2) is 29.7 Å². The lowest BCUT2D eigenvalue weighted by molar-refractivity contribution is -0.395. The SMILES string of the molecule is C=C(CC(F)(F)C(F)(F)C(F)(F)C(F)(F)F)[C@@H]1CCC2=CC(=O)C[C@@H](C)[C@]2(C)C1. The van der Waals surface area contributed by atoms with Gasteiger partial charge in [-0.15, -0.1) is 0 Å². The van der Waals surface area contributed by atoms with Crippen molar-refractivity contribution in [2.75, 3.05) is 0 Å². The molecule has 0 aliphatic heterocycles. The number of fused-ring (bicyclic) bond motifs is 1. The van der Waals surface area contributed by atoms with E-state index in [-0.39, 0.29) is 31.0 Å². The van der Waals surface area contributed by atoms with Crippen molar-refractivity contribution in [1.29, 1.82) is 0 Å². The molecule has 2 rings (SSSR count). The molecule has 0 aromatic carbocycles. The van der Waals surface area contributed by atoms with E-state index >= 15 is 0 Å². The molecule has 166 valence electrons. The van der Waals surface area contributed by atoms with Gasteiger partial charge in [-0.3, -0.25) is 4.79 Å². The highest BCUT2D eigenvalue weighted by molar-refractivity contribution is 5.92. The molecule has 1 fully saturated rings. The van der Waals surface area contributed by atoms with Crippen LogP contribution in [0.4, 0.5) is 39.5 Å². The van der Waals surface area contributed by atoms with E-state index in [0.29, 0.717) is 6.42 Å². The van der Waals surface area contributed by atoms with E-state index in [1.54, 1.807) is 13.8 Å². The number of carbonyl (C=O) groups is 1. The summed E-state index contributed by atoms with van der Waals surface area (Å²) in [5, 5.41) is 0. The van der Waals surface area contributed by atoms with Gasteiger partial charge in [0.1, 0.15) is 0 Å². The Morgan fingerprint density at radius 1 is 1.10 bits per heavy atom. The Morgan fingerprint density at radius 3 is 2.17 bits per heavy atom. The Balaban J connectivity index is 2.22. The molecule has 0 bridgehead atoms. The maximum atomic E-state index is 13.9. The third kappa shape index (κ3) is 3.83. The van der Waals surface area contributed by atoms with Crippen molar-refractivity contribution in [2.24, 2.45) is 17.3 Å². The highest BCUT2D eigenvalue weighted by atomic mass is 19.4. The molecule has 2 aliphatic carbocycles. The van der Waals surface area contributed by atoms with Crippen molar-refractivity contribution in [2.45, 2.75) is 69.9 Å². The number of ketones is 1. The standard InChI is InChI=1S/C19H21F9O/c1-10(8-16(20,21)17(22,23)18(24,25)19(26,27)28)12-4-5-13-7-14(29)6-11(2)15(13,3)9-12/h7,11-12H,1,4-6,8-9H2,2-3H3/t11-,12-,15+/m1/s1. The molecule has 3 atom stereocenters. The van der Waals surface area contributed by atoms with E-state index in [9.17, 15) is 44.3 Å². The number of halogens is 9. The van der Waals surface area contributed by atoms with Gasteiger partial charge in [0, 0.05) is 12.8 Å². The van der Waals surface area contributed by atoms with Crippen LogP contribution in [0.25, 0.3) is 0 Å². The molecule has 0 aromatic heterocycles. The van der Waals surface area contributed by atoms with Crippen molar-refractivity contribution in [3.05, 3.63) is 23.8 Å². The molecule has 0 heterocycles. The summed E-state index contributed by atoms with van der Waals surface area (Å²) in [5.41, 5.74) is -0.295. The van der Waals surface area contributed by atoms with Gasteiger partial charge in [-0.2, -0.15) is 39.5 Å². The van der Waals surface area contributed by atoms with E-state index < -0.39 is 47.3 Å². The fraction of sp³-hybridized carbons (Fsp3) is 0.737. The fourth-order valence-corrected chi connectivity index (χ4v) is 4.19. The highest BCUT2D eigenvalue weighted by Gasteiger charge is 2.81. The van der Waals surface area contributed by atoms with Crippen molar-refractivity contribution in [3.63, 3.8) is 0 Å². The van der Waals surface area contributed by atoms with Crippen molar-refractivity contribution >= 4 is 5.78 Å². The molecule has 2 aliphatic rings. The lowest BCUT2D eigenvalue weighted by Crippen LogP contribution is -2.61. The van der Waals surface area contributed by atoms with Gasteiger partial charge in [0.05, 0.1) is 0 Å². The van der Waals surface area contributed by atoms with E-state index in [1.165, 1.54) is 6.08 Å². The summed E-state index contributed by atoms with van der Waals surface area (Å²) in [6, 6.07) is 0. The zero-order valence-electron chi connectivity index (χ0n) is 15.8. The summed E-state index contributed by atoms with van der Waals surface area (Å²) < 4.78 is 118. The maximum Gasteiger partial charge on any atom is 0.460 e. The van der Waals surface area contributed by atoms with Crippen LogP contribution in [0.5, 0.6) is 0 Å². The van der Waals surface area contributed by atoms with Gasteiger partial charge in [0.2, 0.25) is 0 Å². The molecular formula is C19H21F9O. The third-order valence-electron chi connectivity index (χ3n) is 6.33. The van der Waals surface area contributed by atoms with Crippen molar-refractivity contribution < 1.29 is 44.3 Å². The van der Waals surface area contributed by atoms with Crippen LogP contribution < -0.4 is 0 Å². The van der Waals surface area contributed by atoms with Crippen LogP contribution in [0.15, 0.2) is 23.8 Å². The molecule has 0 aromatic rings. The minimum Gasteiger partial charge on any atom is -0.295 e. The van der Waals surface area contributed by atoms with Gasteiger partial charge in [-0.1, -0.05) is 31.6 Å². The number of rotatable bonds is 5. The molecule has 0 N–H and O–H groups in total. The topological polar surface area (TPSA) is 17.1 Å². The molecule has 0 spiro atoms. The van der Waals surface area contributed by atoms with Gasteiger partial charge in [0.15, 0.2) is 5.78 Å². The Hall–Kier alpha value is -1.48. The minimum atomic E-state index is -6.89. The quantitative estimate of drug-likeness (QED) is 0.345. The van der Waals surface area contributed by atoms with Crippen molar-refractivity contribution in [1.82, 2.24) is 0 Å². The molecule has 29 heavy (non-hydrogen) atoms. The molecule has 0 saturated heterocycles. The highest BCUT2D eigenvalue weighted by Crippen LogP contribution is 2.57. The van der Waals surface area contributed by atoms with Crippen molar-refractivity contribution in [3.8, 4) is 0 Å². The van der Waals surface area contributed by atoms with Crippen LogP contribution in [-0.2, 0) is 4.79 Å². The number of hydrogen-bond acceptors (Lipinski definition) is 1. The molecule has 0 amide bonds. The second-order valence-electron chi connectivity index (χ2n) is 8.28. The monoisotopic (exact) mass is 436 g/mol. The van der Waals surface area contributed by atoms with Crippen LogP contribution in [0, 0.1) is 17.3 Å². The summed E-state index contributed by atoms with van der Waals surface area (Å²) >= 11 is 0. The van der Waals surface area contributed by atoms with Gasteiger partial charge in [0.25, 0.3) is 0 Å². The number of hydrogen-bond donors (Lipinski definition) is 0. The Morgan fingerprint density at radius 2 is 1.66 bits per heavy atom. The molecule has 0 radical (unpaired) electrons. The minimum absolute atomic E-state index is 0.0807. The molecule has 10 heteroatoms. The largest absolute Gasteiger partial charge is 0.460 e. The van der Waals surface area contributed by atoms with Crippen LogP contribution >= 0.6 is 0 Å². The second kappa shape index (κ2) is 7.04. The van der Waals surface area contributed by atoms with E-state index in [0.717, 1.165) is 5.57 Å². The lowest BCUT2D eigenvalue weighted by atomic mass is 9.57. The first-order valence-corrected chi connectivity index (χ1v) is 8.98. The Labute approximate surface area is 162 Å². The van der Waals surface area contributed by atoms with Gasteiger partial charge < -0.3 is 0 Å². The van der Waals surface area contributed by atoms with Gasteiger partial charge in [-0.25, -0.2) is 0 Å². The van der Waals surface area contributed by atoms with Crippen LogP contribution in [0.1, 0.15) is 46.0 Å². The first-order chi connectivity index (χ1) is 12.9. The predicted molar refractivity (Wildman–Crippen MR) is 87.0 cm³/mol. The molecule has 1 nitrogen and oxygen atoms in total. The fourth-order valence-electron chi connectivity index (χ4n) is 4.19. The summed E-state index contributed by atoms with van der Waals surface area (Å²) in [6.45, 7) is 6.88. The predicted octanol–water partition coefficient (Wildman–Crippen LogP) is 6.74. The first kappa shape index (κ1) is 23.8. The first-order valence-electron chi connectivity index (χ1n) is 8.98. The summed E-state index contributed by atoms with van der Waals surface area (Å²) in [6.07, 6.45) is -6.49. The average molecular weight is 436 g/mol. The van der Waals surface area contributed by atoms with E-state index in [2.05, 4.69) is 6.58 Å². The zero-order valence-corrected chi connectivity index (χ0v) is 15.8. The Kier molecular flexibility index (Phi) is 5.78. The number of allylic oxidation sites excluding steroid dienone is 3. The summed E-state index contributed by atoms with van der Waals surface area (Å²) in [7, 11) is 0. The van der Waals surface area contributed by atoms with Gasteiger partial charge >= 0.3 is 23.9 Å². The van der Waals surface area contributed by atoms with E-state index in [4.69, 9.17) is 0 Å². The smallest absolute Gasteiger partial charge is 0.295 e. The number of alkyl halides is 9. The lowest BCUT2D eigenvalue weighted by Gasteiger charge is -2.47. The summed E-state index contributed by atoms with van der Waals surface area (Å²) in [5.74, 6) is -20.2. The number of carbonyl (C=O) groups excluding carboxylic acids is 1. The maximum absolute atomic E-state index is 13.9. The van der Waals surface area contributed by atoms with E-state index in [1.807, 2.05) is 0 Å². The van der Waals surface area contributed by atoms with Crippen LogP contribution in [0.2, 0.25) is 0 Å². The normalized spacial score (nSPS) is 29.3. The molecule has 0 unspecified atom stereocenters. The van der Waals surface area contributed by atoms with Gasteiger partial charge in [-0.05, 0) is 42.6 Å². The van der Waals surface area contributed by atoms with Crippen LogP contribution in [0.3, 0.4) is 0 Å².